The maximum absolute atomic E-state index is 14.1. The van der Waals surface area contributed by atoms with E-state index in [9.17, 15) is 14.4 Å². The van der Waals surface area contributed by atoms with Crippen molar-refractivity contribution < 1.29 is 23.9 Å². The Bertz CT molecular complexity index is 2010. The molecule has 5 heterocycles. The minimum Gasteiger partial charge on any atom is -0.664 e. The number of allylic oxidation sites excluding steroid dienone is 2. The van der Waals surface area contributed by atoms with Gasteiger partial charge in [0.15, 0.2) is 5.78 Å². The van der Waals surface area contributed by atoms with E-state index in [1.807, 2.05) is 39.0 Å². The number of Topliss-reactive ketones (excluding diaryl/α,β-unsaturated/α-hetero) is 1. The summed E-state index contributed by atoms with van der Waals surface area (Å²) in [6, 6.07) is 0. The van der Waals surface area contributed by atoms with Gasteiger partial charge in [0.2, 0.25) is 0 Å². The maximum atomic E-state index is 14.1. The minimum atomic E-state index is -1.22. The number of methoxy groups -OCH3 is 1. The molecule has 3 atom stereocenters. The molecule has 0 saturated carbocycles. The average Bonchev–Trinajstić information content (AvgIpc) is 3.77. The summed E-state index contributed by atoms with van der Waals surface area (Å²) >= 11 is 0. The third-order valence-corrected chi connectivity index (χ3v) is 9.65. The molecular weight excluding hydrogens is 607 g/mol. The van der Waals surface area contributed by atoms with Crippen LogP contribution in [-0.4, -0.2) is 54.6 Å². The molecule has 11 heteroatoms. The maximum Gasteiger partial charge on any atom is 2.00 e. The van der Waals surface area contributed by atoms with Crippen molar-refractivity contribution in [1.29, 1.82) is 0 Å². The van der Waals surface area contributed by atoms with Gasteiger partial charge in [-0.2, -0.15) is 11.4 Å². The van der Waals surface area contributed by atoms with Crippen LogP contribution in [0.3, 0.4) is 0 Å². The number of fused-ring (bicyclic) bond motifs is 7. The van der Waals surface area contributed by atoms with Gasteiger partial charge < -0.3 is 29.7 Å². The molecule has 2 N–H and O–H groups in total. The van der Waals surface area contributed by atoms with Crippen LogP contribution in [0.25, 0.3) is 35.2 Å². The molecule has 6 rings (SSSR count). The molecule has 0 unspecified atom stereocenters. The Morgan fingerprint density at radius 3 is 2.36 bits per heavy atom. The summed E-state index contributed by atoms with van der Waals surface area (Å²) < 4.78 is 10.2. The monoisotopic (exact) mass is 643 g/mol. The molecule has 1 saturated heterocycles. The fourth-order valence-electron chi connectivity index (χ4n) is 7.09. The summed E-state index contributed by atoms with van der Waals surface area (Å²) in [6.07, 6.45) is 8.84. The second kappa shape index (κ2) is 13.2. The molecule has 3 aliphatic rings. The first kappa shape index (κ1) is 34.3. The molecule has 47 heavy (non-hydrogen) atoms. The van der Waals surface area contributed by atoms with Crippen LogP contribution >= 0.6 is 0 Å². The van der Waals surface area contributed by atoms with Gasteiger partial charge >= 0.3 is 35.0 Å². The molecule has 3 aromatic heterocycles. The number of ether oxygens (including phenoxy) is 2. The number of ketones is 1. The molecule has 240 valence electrons. The predicted molar refractivity (Wildman–Crippen MR) is 180 cm³/mol. The van der Waals surface area contributed by atoms with Crippen LogP contribution in [0.4, 0.5) is 0 Å². The molecule has 1 fully saturated rings. The number of carbonyl (C=O) groups excluding carboxylic acids is 3. The van der Waals surface area contributed by atoms with Crippen LogP contribution in [0.1, 0.15) is 87.6 Å². The SMILES string of the molecule is C=Cc1c2[n-]c(c1C)/C=C1\[N-]/C(=C3\c4[n-]c(c(C)c4C(=O)[C@@H]3C(=O)OC)/C=c3\[n-]/c(c(C)c3CC)=C\2)[C@@H](CCC(=O)OCN)[C@@H]1C.[Mg+2]. The van der Waals surface area contributed by atoms with Crippen molar-refractivity contribution in [3.8, 4) is 0 Å². The van der Waals surface area contributed by atoms with Gasteiger partial charge in [0.05, 0.1) is 7.11 Å². The van der Waals surface area contributed by atoms with Gasteiger partial charge in [0.25, 0.3) is 0 Å². The number of carbonyl (C=O) groups is 3. The Morgan fingerprint density at radius 1 is 1.00 bits per heavy atom. The predicted octanol–water partition coefficient (Wildman–Crippen LogP) is 2.90. The largest absolute Gasteiger partial charge is 2.00 e. The molecule has 0 spiro atoms. The Kier molecular flexibility index (Phi) is 9.63. The fourth-order valence-corrected chi connectivity index (χ4v) is 7.09. The molecule has 1 aliphatic carbocycles. The molecule has 3 aromatic rings. The summed E-state index contributed by atoms with van der Waals surface area (Å²) in [5.41, 5.74) is 14.7. The summed E-state index contributed by atoms with van der Waals surface area (Å²) in [5, 5.41) is 6.68. The van der Waals surface area contributed by atoms with Gasteiger partial charge in [-0.25, -0.2) is 0 Å². The van der Waals surface area contributed by atoms with Crippen molar-refractivity contribution in [3.63, 3.8) is 0 Å². The van der Waals surface area contributed by atoms with Crippen LogP contribution < -0.4 is 31.4 Å². The average molecular weight is 644 g/mol. The van der Waals surface area contributed by atoms with E-state index in [1.165, 1.54) is 7.11 Å². The number of hydrogen-bond donors (Lipinski definition) is 1. The minimum absolute atomic E-state index is 0. The van der Waals surface area contributed by atoms with Crippen molar-refractivity contribution in [1.82, 2.24) is 15.0 Å². The fraction of sp³-hybridized carbons (Fsp3) is 0.361. The van der Waals surface area contributed by atoms with E-state index >= 15 is 0 Å². The van der Waals surface area contributed by atoms with Crippen molar-refractivity contribution in [2.75, 3.05) is 13.8 Å². The quantitative estimate of drug-likeness (QED) is 0.177. The number of hydrogen-bond acceptors (Lipinski definition) is 6. The Hall–Kier alpha value is -4.06. The van der Waals surface area contributed by atoms with Crippen LogP contribution in [0.2, 0.25) is 0 Å². The van der Waals surface area contributed by atoms with E-state index in [0.717, 1.165) is 50.8 Å². The van der Waals surface area contributed by atoms with E-state index in [2.05, 4.69) is 20.4 Å². The van der Waals surface area contributed by atoms with Gasteiger partial charge in [-0.1, -0.05) is 72.6 Å². The van der Waals surface area contributed by atoms with Gasteiger partial charge in [0.1, 0.15) is 12.6 Å². The zero-order valence-electron chi connectivity index (χ0n) is 27.7. The first-order valence-electron chi connectivity index (χ1n) is 15.5. The van der Waals surface area contributed by atoms with Crippen LogP contribution in [0.15, 0.2) is 18.0 Å². The van der Waals surface area contributed by atoms with Crippen molar-refractivity contribution in [2.24, 2.45) is 23.5 Å². The number of rotatable bonds is 7. The second-order valence-electron chi connectivity index (χ2n) is 12.0. The van der Waals surface area contributed by atoms with Crippen LogP contribution in [-0.2, 0) is 25.5 Å². The summed E-state index contributed by atoms with van der Waals surface area (Å²) in [4.78, 5) is 54.8. The first-order chi connectivity index (χ1) is 22.0. The van der Waals surface area contributed by atoms with Crippen LogP contribution in [0.5, 0.6) is 0 Å². The molecular formula is C36H37MgN5O5-2. The number of nitrogens with two attached hydrogens (primary N) is 1. The van der Waals surface area contributed by atoms with E-state index in [-0.39, 0.29) is 53.8 Å². The molecule has 0 amide bonds. The van der Waals surface area contributed by atoms with Gasteiger partial charge in [-0.3, -0.25) is 20.1 Å². The standard InChI is InChI=1S/C36H38N5O5.Mg/c1-8-20-16(3)23-12-25-18(5)22(10-11-29(42)46-15-37)33(40-25)31-32(36(44)45-7)35(43)30-19(6)26(41-34(30)31)14-28-21(9-2)17(4)24(39-28)13-27(20)38-23;/h8,12-14,18,22,32H,1,9-11,15,37H2,2-7H3,(H-,40,41,43);/q-3;+2/p-1/b24-13-,25-12-,28-14-;/t18-,22-,32+;/m0./s1. The summed E-state index contributed by atoms with van der Waals surface area (Å²) in [5.74, 6) is -3.22. The van der Waals surface area contributed by atoms with Crippen LogP contribution in [0, 0.1) is 38.5 Å². The topological polar surface area (TPSA) is 152 Å². The van der Waals surface area contributed by atoms with E-state index in [1.54, 1.807) is 6.08 Å². The Labute approximate surface area is 289 Å². The van der Waals surface area contributed by atoms with Gasteiger partial charge in [0, 0.05) is 12.0 Å². The third-order valence-electron chi connectivity index (χ3n) is 9.65. The van der Waals surface area contributed by atoms with Crippen molar-refractivity contribution in [2.45, 2.75) is 53.9 Å². The smallest absolute Gasteiger partial charge is 0.664 e. The normalized spacial score (nSPS) is 23.4. The second-order valence-corrected chi connectivity index (χ2v) is 12.0. The van der Waals surface area contributed by atoms with E-state index in [0.29, 0.717) is 45.9 Å². The number of nitrogens with zero attached hydrogens (tertiary/aromatic N) is 4. The number of esters is 2. The Morgan fingerprint density at radius 2 is 1.70 bits per heavy atom. The summed E-state index contributed by atoms with van der Waals surface area (Å²) in [6.45, 7) is 13.8. The van der Waals surface area contributed by atoms with Crippen molar-refractivity contribution >= 4 is 70.7 Å². The summed E-state index contributed by atoms with van der Waals surface area (Å²) in [7, 11) is 1.27. The molecule has 0 aromatic carbocycles. The zero-order chi connectivity index (χ0) is 33.0. The first-order valence-corrected chi connectivity index (χ1v) is 15.5. The number of aromatic nitrogens is 3. The molecule has 2 aliphatic heterocycles. The van der Waals surface area contributed by atoms with Gasteiger partial charge in [-0.15, -0.1) is 33.5 Å². The van der Waals surface area contributed by atoms with E-state index in [4.69, 9.17) is 35.5 Å². The molecule has 0 radical (unpaired) electrons. The molecule has 10 nitrogen and oxygen atoms in total. The van der Waals surface area contributed by atoms with E-state index < -0.39 is 17.9 Å². The third kappa shape index (κ3) is 5.53. The Balaban J connectivity index is 0.00000433. The van der Waals surface area contributed by atoms with Gasteiger partial charge in [-0.05, 0) is 51.0 Å². The van der Waals surface area contributed by atoms with Crippen molar-refractivity contribution in [3.05, 3.63) is 90.1 Å². The molecule has 8 bridgehead atoms. The zero-order valence-corrected chi connectivity index (χ0v) is 29.1.